The van der Waals surface area contributed by atoms with Gasteiger partial charge in [0.2, 0.25) is 0 Å². The number of hydrogen-bond acceptors (Lipinski definition) is 7. The van der Waals surface area contributed by atoms with Crippen molar-refractivity contribution in [3.8, 4) is 17.6 Å². The van der Waals surface area contributed by atoms with Crippen LogP contribution in [0, 0.1) is 18.3 Å². The highest BCUT2D eigenvalue weighted by Gasteiger charge is 2.16. The first kappa shape index (κ1) is 21.6. The van der Waals surface area contributed by atoms with Gasteiger partial charge in [-0.25, -0.2) is 4.79 Å². The number of nitriles is 1. The Morgan fingerprint density at radius 1 is 1.17 bits per heavy atom. The van der Waals surface area contributed by atoms with E-state index in [1.54, 1.807) is 27.2 Å². The molecule has 29 heavy (non-hydrogen) atoms. The fraction of sp³-hybridized carbons (Fsp3) is 0.286. The quantitative estimate of drug-likeness (QED) is 0.413. The van der Waals surface area contributed by atoms with Gasteiger partial charge in [-0.05, 0) is 37.1 Å². The summed E-state index contributed by atoms with van der Waals surface area (Å²) in [6.45, 7) is 1.91. The number of rotatable bonds is 8. The lowest BCUT2D eigenvalue weighted by Gasteiger charge is -2.10. The van der Waals surface area contributed by atoms with Crippen LogP contribution >= 0.6 is 0 Å². The third-order valence-corrected chi connectivity index (χ3v) is 4.14. The van der Waals surface area contributed by atoms with Crippen molar-refractivity contribution < 1.29 is 28.2 Å². The molecule has 1 heterocycles. The Morgan fingerprint density at radius 3 is 2.52 bits per heavy atom. The van der Waals surface area contributed by atoms with Gasteiger partial charge in [-0.3, -0.25) is 4.79 Å². The molecule has 0 aliphatic carbocycles. The average molecular weight is 398 g/mol. The minimum atomic E-state index is -0.552. The van der Waals surface area contributed by atoms with E-state index in [4.69, 9.17) is 13.9 Å². The van der Waals surface area contributed by atoms with Crippen molar-refractivity contribution in [3.05, 3.63) is 52.5 Å². The average Bonchev–Trinajstić information content (AvgIpc) is 3.11. The maximum absolute atomic E-state index is 12.3. The van der Waals surface area contributed by atoms with Gasteiger partial charge in [0.25, 0.3) is 5.91 Å². The van der Waals surface area contributed by atoms with E-state index < -0.39 is 11.9 Å². The van der Waals surface area contributed by atoms with Crippen molar-refractivity contribution in [1.29, 1.82) is 5.26 Å². The van der Waals surface area contributed by atoms with Crippen LogP contribution in [-0.4, -0.2) is 39.8 Å². The first-order valence-electron chi connectivity index (χ1n) is 8.73. The van der Waals surface area contributed by atoms with Crippen molar-refractivity contribution in [2.24, 2.45) is 0 Å². The number of amides is 1. The molecule has 0 aliphatic heterocycles. The number of nitrogens with zero attached hydrogens (tertiary/aromatic N) is 1. The van der Waals surface area contributed by atoms with Gasteiger partial charge in [-0.1, -0.05) is 6.07 Å². The highest BCUT2D eigenvalue weighted by Crippen LogP contribution is 2.27. The molecule has 1 aromatic carbocycles. The molecule has 0 radical (unpaired) electrons. The zero-order chi connectivity index (χ0) is 21.4. The van der Waals surface area contributed by atoms with Crippen molar-refractivity contribution in [1.82, 2.24) is 5.32 Å². The van der Waals surface area contributed by atoms with Crippen molar-refractivity contribution in [2.45, 2.75) is 13.3 Å². The lowest BCUT2D eigenvalue weighted by molar-refractivity contribution is -0.117. The van der Waals surface area contributed by atoms with Crippen molar-refractivity contribution >= 4 is 18.0 Å². The maximum Gasteiger partial charge on any atom is 0.341 e. The number of carbonyl (C=O) groups excluding carboxylic acids is 2. The van der Waals surface area contributed by atoms with Crippen LogP contribution < -0.4 is 14.8 Å². The van der Waals surface area contributed by atoms with Gasteiger partial charge < -0.3 is 23.9 Å². The third-order valence-electron chi connectivity index (χ3n) is 4.14. The molecule has 8 heteroatoms. The summed E-state index contributed by atoms with van der Waals surface area (Å²) >= 11 is 0. The minimum absolute atomic E-state index is 0.137. The summed E-state index contributed by atoms with van der Waals surface area (Å²) < 4.78 is 20.5. The van der Waals surface area contributed by atoms with E-state index in [-0.39, 0.29) is 16.9 Å². The minimum Gasteiger partial charge on any atom is -0.493 e. The predicted molar refractivity (Wildman–Crippen MR) is 105 cm³/mol. The Hall–Kier alpha value is -3.73. The summed E-state index contributed by atoms with van der Waals surface area (Å²) in [5.74, 6) is 0.688. The molecular weight excluding hydrogens is 376 g/mol. The standard InChI is InChI=1S/C21H22N2O6/c1-13-17(21(25)28-4)11-16(29-13)10-15(12-22)20(24)23-8-7-14-5-6-18(26-2)19(9-14)27-3/h5-6,9-11H,7-8H2,1-4H3,(H,23,24)/b15-10+. The summed E-state index contributed by atoms with van der Waals surface area (Å²) in [6.07, 6.45) is 1.82. The molecular formula is C21H22N2O6. The van der Waals surface area contributed by atoms with E-state index in [0.29, 0.717) is 30.2 Å². The second-order valence-electron chi connectivity index (χ2n) is 5.98. The fourth-order valence-corrected chi connectivity index (χ4v) is 2.63. The van der Waals surface area contributed by atoms with Gasteiger partial charge in [0.1, 0.15) is 28.7 Å². The van der Waals surface area contributed by atoms with Crippen molar-refractivity contribution in [3.63, 3.8) is 0 Å². The zero-order valence-electron chi connectivity index (χ0n) is 16.7. The van der Waals surface area contributed by atoms with Gasteiger partial charge in [-0.15, -0.1) is 0 Å². The van der Waals surface area contributed by atoms with Crippen LogP contribution in [0.3, 0.4) is 0 Å². The Morgan fingerprint density at radius 2 is 1.90 bits per heavy atom. The molecule has 0 spiro atoms. The lowest BCUT2D eigenvalue weighted by Crippen LogP contribution is -2.26. The maximum atomic E-state index is 12.3. The molecule has 0 bridgehead atoms. The van der Waals surface area contributed by atoms with Crippen LogP contribution in [0.5, 0.6) is 11.5 Å². The number of furan rings is 1. The number of aryl methyl sites for hydroxylation is 1. The SMILES string of the molecule is COC(=O)c1cc(/C=C(\C#N)C(=O)NCCc2ccc(OC)c(OC)c2)oc1C. The first-order valence-corrected chi connectivity index (χ1v) is 8.73. The van der Waals surface area contributed by atoms with E-state index in [9.17, 15) is 14.9 Å². The van der Waals surface area contributed by atoms with E-state index >= 15 is 0 Å². The number of carbonyl (C=O) groups is 2. The van der Waals surface area contributed by atoms with Crippen LogP contribution in [-0.2, 0) is 16.0 Å². The van der Waals surface area contributed by atoms with Gasteiger partial charge in [0.15, 0.2) is 11.5 Å². The fourth-order valence-electron chi connectivity index (χ4n) is 2.63. The number of nitrogens with one attached hydrogen (secondary N) is 1. The summed E-state index contributed by atoms with van der Waals surface area (Å²) in [7, 11) is 4.37. The summed E-state index contributed by atoms with van der Waals surface area (Å²) in [5.41, 5.74) is 1.04. The molecule has 8 nitrogen and oxygen atoms in total. The van der Waals surface area contributed by atoms with Gasteiger partial charge >= 0.3 is 5.97 Å². The molecule has 0 saturated heterocycles. The monoisotopic (exact) mass is 398 g/mol. The number of hydrogen-bond donors (Lipinski definition) is 1. The predicted octanol–water partition coefficient (Wildman–Crippen LogP) is 2.66. The molecule has 0 fully saturated rings. The van der Waals surface area contributed by atoms with E-state index in [1.807, 2.05) is 18.2 Å². The molecule has 0 atom stereocenters. The number of methoxy groups -OCH3 is 3. The number of ether oxygens (including phenoxy) is 3. The summed E-state index contributed by atoms with van der Waals surface area (Å²) in [5, 5.41) is 12.0. The van der Waals surface area contributed by atoms with Crippen LogP contribution in [0.4, 0.5) is 0 Å². The number of benzene rings is 1. The molecule has 1 aromatic heterocycles. The topological polar surface area (TPSA) is 111 Å². The molecule has 0 unspecified atom stereocenters. The molecule has 0 aliphatic rings. The highest BCUT2D eigenvalue weighted by atomic mass is 16.5. The van der Waals surface area contributed by atoms with Gasteiger partial charge in [0, 0.05) is 12.6 Å². The Kier molecular flexibility index (Phi) is 7.43. The third kappa shape index (κ3) is 5.39. The molecule has 2 rings (SSSR count). The molecule has 2 aromatic rings. The van der Waals surface area contributed by atoms with Gasteiger partial charge in [-0.2, -0.15) is 5.26 Å². The normalized spacial score (nSPS) is 10.8. The van der Waals surface area contributed by atoms with E-state index in [2.05, 4.69) is 10.1 Å². The summed E-state index contributed by atoms with van der Waals surface area (Å²) in [6, 6.07) is 8.75. The number of esters is 1. The van der Waals surface area contributed by atoms with Crippen LogP contribution in [0.15, 0.2) is 34.3 Å². The molecule has 152 valence electrons. The second kappa shape index (κ2) is 9.99. The zero-order valence-corrected chi connectivity index (χ0v) is 16.7. The smallest absolute Gasteiger partial charge is 0.341 e. The molecule has 1 N–H and O–H groups in total. The van der Waals surface area contributed by atoms with Crippen LogP contribution in [0.25, 0.3) is 6.08 Å². The van der Waals surface area contributed by atoms with Crippen LogP contribution in [0.2, 0.25) is 0 Å². The second-order valence-corrected chi connectivity index (χ2v) is 5.98. The lowest BCUT2D eigenvalue weighted by atomic mass is 10.1. The van der Waals surface area contributed by atoms with E-state index in [0.717, 1.165) is 5.56 Å². The van der Waals surface area contributed by atoms with Crippen LogP contribution in [0.1, 0.15) is 27.4 Å². The highest BCUT2D eigenvalue weighted by molar-refractivity contribution is 6.01. The van der Waals surface area contributed by atoms with Crippen molar-refractivity contribution in [2.75, 3.05) is 27.9 Å². The van der Waals surface area contributed by atoms with Gasteiger partial charge in [0.05, 0.1) is 21.3 Å². The largest absolute Gasteiger partial charge is 0.493 e. The summed E-state index contributed by atoms with van der Waals surface area (Å²) in [4.78, 5) is 23.9. The first-order chi connectivity index (χ1) is 13.9. The van der Waals surface area contributed by atoms with E-state index in [1.165, 1.54) is 19.3 Å². The Bertz CT molecular complexity index is 968. The Labute approximate surface area is 168 Å². The molecule has 1 amide bonds. The molecule has 0 saturated carbocycles. The Balaban J connectivity index is 2.03.